The van der Waals surface area contributed by atoms with Crippen molar-refractivity contribution >= 4 is 5.97 Å². The second-order valence-corrected chi connectivity index (χ2v) is 4.95. The third-order valence-corrected chi connectivity index (χ3v) is 3.07. The van der Waals surface area contributed by atoms with Crippen molar-refractivity contribution in [1.82, 2.24) is 0 Å². The first kappa shape index (κ1) is 14.5. The van der Waals surface area contributed by atoms with Crippen LogP contribution < -0.4 is 0 Å². The third kappa shape index (κ3) is 3.33. The lowest BCUT2D eigenvalue weighted by Crippen LogP contribution is -2.57. The smallest absolute Gasteiger partial charge is 0.309 e. The monoisotopic (exact) mass is 272 g/mol. The van der Waals surface area contributed by atoms with E-state index in [9.17, 15) is 4.79 Å². The van der Waals surface area contributed by atoms with Gasteiger partial charge in [0.1, 0.15) is 6.10 Å². The maximum atomic E-state index is 11.5. The fourth-order valence-electron chi connectivity index (χ4n) is 2.32. The largest absolute Gasteiger partial charge is 0.466 e. The number of ether oxygens (including phenoxy) is 3. The van der Waals surface area contributed by atoms with E-state index in [0.29, 0.717) is 13.0 Å². The minimum absolute atomic E-state index is 0.176. The summed E-state index contributed by atoms with van der Waals surface area (Å²) in [5, 5.41) is 0. The molecular formula is C13H20O6. The Bertz CT molecular complexity index is 368. The Hall–Kier alpha value is -0.950. The average molecular weight is 272 g/mol. The van der Waals surface area contributed by atoms with E-state index in [0.717, 1.165) is 5.57 Å². The molecule has 2 aliphatic heterocycles. The summed E-state index contributed by atoms with van der Waals surface area (Å²) in [5.74, 6) is -1.56. The van der Waals surface area contributed by atoms with Crippen LogP contribution in [0.3, 0.4) is 0 Å². The third-order valence-electron chi connectivity index (χ3n) is 3.07. The van der Waals surface area contributed by atoms with Gasteiger partial charge in [0.05, 0.1) is 25.2 Å². The first-order valence-corrected chi connectivity index (χ1v) is 6.44. The number of fused-ring (bicyclic) bond motifs is 2. The Morgan fingerprint density at radius 3 is 2.84 bits per heavy atom. The Kier molecular flexibility index (Phi) is 4.25. The minimum atomic E-state index is -1.27. The first-order chi connectivity index (χ1) is 8.93. The van der Waals surface area contributed by atoms with Crippen molar-refractivity contribution in [2.75, 3.05) is 6.61 Å². The van der Waals surface area contributed by atoms with Crippen LogP contribution in [0.1, 0.15) is 33.6 Å². The van der Waals surface area contributed by atoms with E-state index < -0.39 is 5.97 Å². The van der Waals surface area contributed by atoms with E-state index in [-0.39, 0.29) is 30.7 Å². The van der Waals surface area contributed by atoms with Gasteiger partial charge in [0.15, 0.2) is 0 Å². The van der Waals surface area contributed by atoms with E-state index >= 15 is 0 Å². The van der Waals surface area contributed by atoms with Gasteiger partial charge in [0.25, 0.3) is 0 Å². The zero-order valence-electron chi connectivity index (χ0n) is 11.5. The summed E-state index contributed by atoms with van der Waals surface area (Å²) >= 11 is 0. The molecule has 0 aromatic heterocycles. The molecule has 2 unspecified atom stereocenters. The van der Waals surface area contributed by atoms with Crippen LogP contribution in [0.25, 0.3) is 0 Å². The zero-order valence-corrected chi connectivity index (χ0v) is 11.5. The van der Waals surface area contributed by atoms with Crippen LogP contribution in [-0.4, -0.2) is 36.9 Å². The summed E-state index contributed by atoms with van der Waals surface area (Å²) < 4.78 is 16.2. The average Bonchev–Trinajstić information content (AvgIpc) is 2.27. The lowest BCUT2D eigenvalue weighted by atomic mass is 9.98. The van der Waals surface area contributed by atoms with Gasteiger partial charge in [0, 0.05) is 13.3 Å². The molecule has 108 valence electrons. The van der Waals surface area contributed by atoms with Crippen LogP contribution in [0.5, 0.6) is 0 Å². The molecule has 0 amide bonds. The van der Waals surface area contributed by atoms with Crippen molar-refractivity contribution in [3.05, 3.63) is 12.2 Å². The number of rotatable bonds is 4. The summed E-state index contributed by atoms with van der Waals surface area (Å²) in [4.78, 5) is 21.9. The second-order valence-electron chi connectivity index (χ2n) is 4.95. The van der Waals surface area contributed by atoms with Crippen molar-refractivity contribution in [1.29, 1.82) is 0 Å². The van der Waals surface area contributed by atoms with E-state index in [1.165, 1.54) is 0 Å². The van der Waals surface area contributed by atoms with Gasteiger partial charge in [0.2, 0.25) is 0 Å². The number of carbonyl (C=O) groups excluding carboxylic acids is 1. The predicted octanol–water partition coefficient (Wildman–Crippen LogP) is 1.69. The highest BCUT2D eigenvalue weighted by atomic mass is 17.3. The molecule has 0 N–H and O–H groups in total. The molecule has 2 aliphatic rings. The fourth-order valence-corrected chi connectivity index (χ4v) is 2.32. The number of hydrogen-bond acceptors (Lipinski definition) is 6. The Morgan fingerprint density at radius 2 is 2.21 bits per heavy atom. The molecule has 0 aliphatic carbocycles. The molecule has 6 heteroatoms. The van der Waals surface area contributed by atoms with E-state index in [2.05, 4.69) is 6.58 Å². The predicted molar refractivity (Wildman–Crippen MR) is 64.8 cm³/mol. The van der Waals surface area contributed by atoms with E-state index in [1.54, 1.807) is 13.8 Å². The Morgan fingerprint density at radius 1 is 1.47 bits per heavy atom. The molecule has 2 saturated heterocycles. The highest BCUT2D eigenvalue weighted by Gasteiger charge is 2.49. The maximum absolute atomic E-state index is 11.5. The number of hydrogen-bond donors (Lipinski definition) is 0. The molecule has 2 rings (SSSR count). The number of esters is 1. The molecule has 0 aromatic rings. The molecule has 2 bridgehead atoms. The lowest BCUT2D eigenvalue weighted by Gasteiger charge is -2.47. The molecule has 0 radical (unpaired) electrons. The van der Waals surface area contributed by atoms with Crippen molar-refractivity contribution in [2.45, 2.75) is 57.9 Å². The normalized spacial score (nSPS) is 37.7. The topological polar surface area (TPSA) is 63.2 Å². The van der Waals surface area contributed by atoms with Crippen molar-refractivity contribution in [3.63, 3.8) is 0 Å². The molecule has 4 atom stereocenters. The van der Waals surface area contributed by atoms with Crippen LogP contribution in [-0.2, 0) is 28.8 Å². The second kappa shape index (κ2) is 5.58. The minimum Gasteiger partial charge on any atom is -0.466 e. The van der Waals surface area contributed by atoms with Crippen LogP contribution >= 0.6 is 0 Å². The summed E-state index contributed by atoms with van der Waals surface area (Å²) in [6.45, 7) is 9.44. The lowest BCUT2D eigenvalue weighted by molar-refractivity contribution is -0.576. The zero-order chi connectivity index (χ0) is 14.0. The van der Waals surface area contributed by atoms with Gasteiger partial charge in [-0.15, -0.1) is 0 Å². The van der Waals surface area contributed by atoms with Crippen molar-refractivity contribution < 1.29 is 28.8 Å². The number of carbonyl (C=O) groups is 1. The van der Waals surface area contributed by atoms with Crippen molar-refractivity contribution in [2.24, 2.45) is 0 Å². The van der Waals surface area contributed by atoms with Gasteiger partial charge >= 0.3 is 11.9 Å². The van der Waals surface area contributed by atoms with Gasteiger partial charge in [-0.3, -0.25) is 4.79 Å². The molecule has 0 aromatic carbocycles. The van der Waals surface area contributed by atoms with Gasteiger partial charge in [-0.25, -0.2) is 4.89 Å². The van der Waals surface area contributed by atoms with Crippen molar-refractivity contribution in [3.8, 4) is 0 Å². The highest BCUT2D eigenvalue weighted by molar-refractivity contribution is 5.69. The first-order valence-electron chi connectivity index (χ1n) is 6.44. The van der Waals surface area contributed by atoms with E-state index in [1.807, 2.05) is 6.92 Å². The standard InChI is InChI=1S/C13H20O6/c1-5-15-11(14)7-9-6-10-12(8(2)3)18-19-13(4,16-9)17-10/h9-10,12H,2,5-7H2,1,3-4H3/t9-,10?,12-,13?/m1/s1. The highest BCUT2D eigenvalue weighted by Crippen LogP contribution is 2.38. The quantitative estimate of drug-likeness (QED) is 0.441. The summed E-state index contributed by atoms with van der Waals surface area (Å²) in [7, 11) is 0. The van der Waals surface area contributed by atoms with Gasteiger partial charge in [-0.1, -0.05) is 6.58 Å². The summed E-state index contributed by atoms with van der Waals surface area (Å²) in [5.41, 5.74) is 0.809. The molecule has 0 spiro atoms. The summed E-state index contributed by atoms with van der Waals surface area (Å²) in [6.07, 6.45) is -0.176. The van der Waals surface area contributed by atoms with Crippen LogP contribution in [0, 0.1) is 0 Å². The van der Waals surface area contributed by atoms with Gasteiger partial charge in [-0.05, 0) is 19.4 Å². The van der Waals surface area contributed by atoms with Crippen LogP contribution in [0.4, 0.5) is 0 Å². The van der Waals surface area contributed by atoms with Gasteiger partial charge in [-0.2, -0.15) is 4.89 Å². The van der Waals surface area contributed by atoms with Crippen LogP contribution in [0.2, 0.25) is 0 Å². The SMILES string of the molecule is C=C(C)[C@H]1OOC2(C)OC1C[C@H](CC(=O)OCC)O2. The molecule has 2 heterocycles. The fraction of sp³-hybridized carbons (Fsp3) is 0.769. The molecular weight excluding hydrogens is 252 g/mol. The van der Waals surface area contributed by atoms with Gasteiger partial charge < -0.3 is 14.2 Å². The molecule has 0 saturated carbocycles. The van der Waals surface area contributed by atoms with E-state index in [4.69, 9.17) is 24.0 Å². The van der Waals surface area contributed by atoms with Crippen LogP contribution in [0.15, 0.2) is 12.2 Å². The molecule has 6 nitrogen and oxygen atoms in total. The summed E-state index contributed by atoms with van der Waals surface area (Å²) in [6, 6.07) is 0. The maximum Gasteiger partial charge on any atom is 0.309 e. The molecule has 2 fully saturated rings. The molecule has 19 heavy (non-hydrogen) atoms. The Labute approximate surface area is 112 Å². The Balaban J connectivity index is 2.01.